The van der Waals surface area contributed by atoms with E-state index < -0.39 is 0 Å². The molecule has 2 nitrogen and oxygen atoms in total. The van der Waals surface area contributed by atoms with Crippen LogP contribution in [0.5, 0.6) is 0 Å². The van der Waals surface area contributed by atoms with Gasteiger partial charge in [0.1, 0.15) is 0 Å². The lowest BCUT2D eigenvalue weighted by molar-refractivity contribution is 0.0224. The Morgan fingerprint density at radius 1 is 1.19 bits per heavy atom. The maximum atomic E-state index is 3.80. The van der Waals surface area contributed by atoms with Crippen LogP contribution in [0.3, 0.4) is 0 Å². The van der Waals surface area contributed by atoms with Gasteiger partial charge in [-0.25, -0.2) is 0 Å². The average Bonchev–Trinajstić information content (AvgIpc) is 2.34. The summed E-state index contributed by atoms with van der Waals surface area (Å²) >= 11 is 0. The molecule has 0 radical (unpaired) electrons. The minimum Gasteiger partial charge on any atom is -0.312 e. The van der Waals surface area contributed by atoms with Gasteiger partial charge in [-0.05, 0) is 44.7 Å². The minimum atomic E-state index is 0.725. The van der Waals surface area contributed by atoms with Crippen LogP contribution in [0.1, 0.15) is 51.9 Å². The Hall–Kier alpha value is -0.0800. The SMILES string of the molecule is CCN(C)CCNC1CCC12CCCCC2. The van der Waals surface area contributed by atoms with E-state index in [1.165, 1.54) is 58.0 Å². The number of nitrogens with zero attached hydrogens (tertiary/aromatic N) is 1. The third kappa shape index (κ3) is 2.60. The Morgan fingerprint density at radius 3 is 2.50 bits per heavy atom. The predicted molar refractivity (Wildman–Crippen MR) is 69.7 cm³/mol. The Kier molecular flexibility index (Phi) is 4.26. The fraction of sp³-hybridized carbons (Fsp3) is 1.00. The fourth-order valence-electron chi connectivity index (χ4n) is 3.46. The fourth-order valence-corrected chi connectivity index (χ4v) is 3.46. The highest BCUT2D eigenvalue weighted by atomic mass is 15.1. The highest BCUT2D eigenvalue weighted by Crippen LogP contribution is 2.51. The molecule has 2 rings (SSSR count). The average molecular weight is 224 g/mol. The molecule has 0 saturated heterocycles. The number of likely N-dealkylation sites (N-methyl/N-ethyl adjacent to an activating group) is 1. The molecule has 16 heavy (non-hydrogen) atoms. The zero-order chi connectivity index (χ0) is 11.4. The van der Waals surface area contributed by atoms with Crippen molar-refractivity contribution < 1.29 is 0 Å². The molecule has 1 spiro atoms. The number of nitrogens with one attached hydrogen (secondary N) is 1. The van der Waals surface area contributed by atoms with E-state index in [1.54, 1.807) is 0 Å². The quantitative estimate of drug-likeness (QED) is 0.772. The molecule has 2 heteroatoms. The van der Waals surface area contributed by atoms with Crippen molar-refractivity contribution >= 4 is 0 Å². The summed E-state index contributed by atoms with van der Waals surface area (Å²) in [7, 11) is 2.21. The van der Waals surface area contributed by atoms with Crippen molar-refractivity contribution in [2.45, 2.75) is 57.9 Å². The first-order valence-corrected chi connectivity index (χ1v) is 7.19. The molecule has 1 N–H and O–H groups in total. The van der Waals surface area contributed by atoms with Crippen LogP contribution < -0.4 is 5.32 Å². The van der Waals surface area contributed by atoms with Crippen LogP contribution in [0, 0.1) is 5.41 Å². The molecule has 0 bridgehead atoms. The van der Waals surface area contributed by atoms with Crippen LogP contribution in [0.4, 0.5) is 0 Å². The van der Waals surface area contributed by atoms with Crippen molar-refractivity contribution in [2.75, 3.05) is 26.7 Å². The first kappa shape index (κ1) is 12.4. The third-order valence-electron chi connectivity index (χ3n) is 4.94. The van der Waals surface area contributed by atoms with Gasteiger partial charge in [0.2, 0.25) is 0 Å². The predicted octanol–water partition coefficient (Wildman–Crippen LogP) is 2.64. The Balaban J connectivity index is 1.69. The van der Waals surface area contributed by atoms with Crippen LogP contribution in [0.15, 0.2) is 0 Å². The lowest BCUT2D eigenvalue weighted by Crippen LogP contribution is -2.55. The summed E-state index contributed by atoms with van der Waals surface area (Å²) < 4.78 is 0. The maximum Gasteiger partial charge on any atom is 0.0124 e. The standard InChI is InChI=1S/C14H28N2/c1-3-16(2)12-11-15-13-7-10-14(13)8-5-4-6-9-14/h13,15H,3-12H2,1-2H3. The summed E-state index contributed by atoms with van der Waals surface area (Å²) in [6, 6.07) is 0.845. The molecular weight excluding hydrogens is 196 g/mol. The molecule has 2 fully saturated rings. The molecule has 2 aliphatic carbocycles. The van der Waals surface area contributed by atoms with Gasteiger partial charge in [-0.3, -0.25) is 0 Å². The number of hydrogen-bond acceptors (Lipinski definition) is 2. The van der Waals surface area contributed by atoms with E-state index in [9.17, 15) is 0 Å². The maximum absolute atomic E-state index is 3.80. The summed E-state index contributed by atoms with van der Waals surface area (Å²) in [6.07, 6.45) is 10.3. The summed E-state index contributed by atoms with van der Waals surface area (Å²) in [4.78, 5) is 2.39. The molecule has 2 aliphatic rings. The van der Waals surface area contributed by atoms with Gasteiger partial charge in [0.05, 0.1) is 0 Å². The van der Waals surface area contributed by atoms with Crippen LogP contribution in [0.2, 0.25) is 0 Å². The summed E-state index contributed by atoms with van der Waals surface area (Å²) in [5, 5.41) is 3.80. The van der Waals surface area contributed by atoms with E-state index in [0.29, 0.717) is 0 Å². The molecule has 0 aromatic rings. The molecule has 94 valence electrons. The van der Waals surface area contributed by atoms with Crippen molar-refractivity contribution in [3.63, 3.8) is 0 Å². The van der Waals surface area contributed by atoms with E-state index in [4.69, 9.17) is 0 Å². The summed E-state index contributed by atoms with van der Waals surface area (Å²) in [6.45, 7) is 5.77. The molecule has 0 heterocycles. The largest absolute Gasteiger partial charge is 0.312 e. The van der Waals surface area contributed by atoms with E-state index in [2.05, 4.69) is 24.2 Å². The second kappa shape index (κ2) is 5.50. The number of hydrogen-bond donors (Lipinski definition) is 1. The van der Waals surface area contributed by atoms with Gasteiger partial charge >= 0.3 is 0 Å². The molecule has 0 aromatic heterocycles. The Morgan fingerprint density at radius 2 is 1.94 bits per heavy atom. The summed E-state index contributed by atoms with van der Waals surface area (Å²) in [5.74, 6) is 0. The smallest absolute Gasteiger partial charge is 0.0124 e. The highest BCUT2D eigenvalue weighted by molar-refractivity contribution is 5.01. The topological polar surface area (TPSA) is 15.3 Å². The second-order valence-electron chi connectivity index (χ2n) is 5.86. The van der Waals surface area contributed by atoms with Crippen LogP contribution in [0.25, 0.3) is 0 Å². The zero-order valence-electron chi connectivity index (χ0n) is 11.1. The molecular formula is C14H28N2. The van der Waals surface area contributed by atoms with E-state index in [0.717, 1.165) is 18.0 Å². The first-order valence-electron chi connectivity index (χ1n) is 7.19. The second-order valence-corrected chi connectivity index (χ2v) is 5.86. The van der Waals surface area contributed by atoms with Crippen LogP contribution in [-0.2, 0) is 0 Å². The van der Waals surface area contributed by atoms with Gasteiger partial charge in [-0.15, -0.1) is 0 Å². The van der Waals surface area contributed by atoms with Gasteiger partial charge in [0.15, 0.2) is 0 Å². The monoisotopic (exact) mass is 224 g/mol. The lowest BCUT2D eigenvalue weighted by Gasteiger charge is -2.52. The van der Waals surface area contributed by atoms with E-state index in [-0.39, 0.29) is 0 Å². The lowest BCUT2D eigenvalue weighted by atomic mass is 9.57. The van der Waals surface area contributed by atoms with Gasteiger partial charge in [-0.2, -0.15) is 0 Å². The van der Waals surface area contributed by atoms with Crippen molar-refractivity contribution in [1.29, 1.82) is 0 Å². The highest BCUT2D eigenvalue weighted by Gasteiger charge is 2.46. The molecule has 1 unspecified atom stereocenters. The molecule has 0 amide bonds. The van der Waals surface area contributed by atoms with Crippen molar-refractivity contribution in [1.82, 2.24) is 10.2 Å². The normalized spacial score (nSPS) is 28.3. The molecule has 2 saturated carbocycles. The molecule has 0 aromatic carbocycles. The van der Waals surface area contributed by atoms with Gasteiger partial charge in [0, 0.05) is 19.1 Å². The Labute approximate surface area is 101 Å². The van der Waals surface area contributed by atoms with Crippen molar-refractivity contribution in [3.05, 3.63) is 0 Å². The first-order chi connectivity index (χ1) is 7.77. The van der Waals surface area contributed by atoms with E-state index >= 15 is 0 Å². The summed E-state index contributed by atoms with van der Waals surface area (Å²) in [5.41, 5.74) is 0.725. The molecule has 0 aliphatic heterocycles. The van der Waals surface area contributed by atoms with Gasteiger partial charge < -0.3 is 10.2 Å². The van der Waals surface area contributed by atoms with Gasteiger partial charge in [0.25, 0.3) is 0 Å². The molecule has 1 atom stereocenters. The van der Waals surface area contributed by atoms with Crippen LogP contribution >= 0.6 is 0 Å². The van der Waals surface area contributed by atoms with E-state index in [1.807, 2.05) is 0 Å². The third-order valence-corrected chi connectivity index (χ3v) is 4.94. The van der Waals surface area contributed by atoms with Crippen molar-refractivity contribution in [3.8, 4) is 0 Å². The minimum absolute atomic E-state index is 0.725. The van der Waals surface area contributed by atoms with Gasteiger partial charge in [-0.1, -0.05) is 26.2 Å². The van der Waals surface area contributed by atoms with Crippen LogP contribution in [-0.4, -0.2) is 37.6 Å². The Bertz CT molecular complexity index is 209. The number of rotatable bonds is 5. The zero-order valence-corrected chi connectivity index (χ0v) is 11.1. The van der Waals surface area contributed by atoms with Crippen molar-refractivity contribution in [2.24, 2.45) is 5.41 Å².